The van der Waals surface area contributed by atoms with Crippen molar-refractivity contribution in [2.24, 2.45) is 0 Å². The Morgan fingerprint density at radius 3 is 2.57 bits per heavy atom. The molecule has 0 aliphatic heterocycles. The third-order valence-electron chi connectivity index (χ3n) is 5.26. The molecule has 30 heavy (non-hydrogen) atoms. The molecule has 2 heterocycles. The van der Waals surface area contributed by atoms with Crippen LogP contribution in [-0.2, 0) is 11.3 Å². The number of aryl methyl sites for hydroxylation is 1. The Morgan fingerprint density at radius 2 is 1.83 bits per heavy atom. The second-order valence-electron chi connectivity index (χ2n) is 7.14. The Kier molecular flexibility index (Phi) is 5.91. The van der Waals surface area contributed by atoms with Crippen LogP contribution in [0.5, 0.6) is 0 Å². The lowest BCUT2D eigenvalue weighted by atomic mass is 10.0. The number of carbonyl (C=O) groups excluding carboxylic acids is 1. The lowest BCUT2D eigenvalue weighted by molar-refractivity contribution is -0.704. The van der Waals surface area contributed by atoms with Gasteiger partial charge in [0, 0.05) is 10.9 Å². The standard InChI is InChI=1S/C25H24N2O3/c1-3-29-25(28)23-17(2)19-12-7-8-13-20(19)27-21(23)16-26-24(22-14-9-15-30-22)18-10-5-4-6-11-18/h4-15,24,26H,3,16H2,1-2H3/p+1/t24-/m1/s1. The molecule has 0 bridgehead atoms. The summed E-state index contributed by atoms with van der Waals surface area (Å²) in [5, 5.41) is 3.11. The number of hydrogen-bond donors (Lipinski definition) is 1. The first-order valence-electron chi connectivity index (χ1n) is 10.2. The van der Waals surface area contributed by atoms with Gasteiger partial charge in [-0.1, -0.05) is 48.5 Å². The van der Waals surface area contributed by atoms with Crippen LogP contribution in [0.25, 0.3) is 10.9 Å². The van der Waals surface area contributed by atoms with Gasteiger partial charge in [0.1, 0.15) is 12.2 Å². The van der Waals surface area contributed by atoms with Crippen LogP contribution in [0.2, 0.25) is 0 Å². The van der Waals surface area contributed by atoms with Gasteiger partial charge in [0.05, 0.1) is 24.0 Å². The van der Waals surface area contributed by atoms with E-state index in [2.05, 4.69) is 17.4 Å². The van der Waals surface area contributed by atoms with Crippen molar-refractivity contribution in [2.45, 2.75) is 26.4 Å². The number of nitrogens with zero attached hydrogens (tertiary/aromatic N) is 1. The highest BCUT2D eigenvalue weighted by molar-refractivity contribution is 5.98. The average molecular weight is 401 g/mol. The Morgan fingerprint density at radius 1 is 1.07 bits per heavy atom. The molecule has 0 amide bonds. The number of rotatable bonds is 7. The number of para-hydroxylation sites is 1. The molecule has 2 N–H and O–H groups in total. The van der Waals surface area contributed by atoms with Gasteiger partial charge in [-0.25, -0.2) is 9.78 Å². The van der Waals surface area contributed by atoms with Crippen molar-refractivity contribution in [1.82, 2.24) is 4.98 Å². The van der Waals surface area contributed by atoms with Crippen LogP contribution in [0.3, 0.4) is 0 Å². The number of furan rings is 1. The molecule has 4 aromatic rings. The molecule has 5 heteroatoms. The number of nitrogens with two attached hydrogens (primary N) is 1. The third-order valence-corrected chi connectivity index (χ3v) is 5.26. The highest BCUT2D eigenvalue weighted by Gasteiger charge is 2.25. The zero-order valence-electron chi connectivity index (χ0n) is 17.2. The van der Waals surface area contributed by atoms with E-state index in [9.17, 15) is 4.79 Å². The minimum absolute atomic E-state index is 0.0372. The monoisotopic (exact) mass is 401 g/mol. The fraction of sp³-hybridized carbons (Fsp3) is 0.200. The Hall–Kier alpha value is -3.44. The van der Waals surface area contributed by atoms with E-state index in [1.165, 1.54) is 0 Å². The molecule has 152 valence electrons. The lowest BCUT2D eigenvalue weighted by Gasteiger charge is -2.17. The van der Waals surface area contributed by atoms with Crippen molar-refractivity contribution >= 4 is 16.9 Å². The summed E-state index contributed by atoms with van der Waals surface area (Å²) in [7, 11) is 0. The molecule has 0 fully saturated rings. The van der Waals surface area contributed by atoms with Crippen molar-refractivity contribution in [3.63, 3.8) is 0 Å². The zero-order chi connectivity index (χ0) is 20.9. The van der Waals surface area contributed by atoms with Gasteiger partial charge >= 0.3 is 5.97 Å². The molecule has 0 saturated carbocycles. The number of quaternary nitrogens is 1. The molecule has 0 radical (unpaired) electrons. The predicted molar refractivity (Wildman–Crippen MR) is 115 cm³/mol. The van der Waals surface area contributed by atoms with Gasteiger partial charge in [-0.05, 0) is 37.6 Å². The molecule has 0 aliphatic carbocycles. The van der Waals surface area contributed by atoms with E-state index in [1.807, 2.05) is 68.4 Å². The summed E-state index contributed by atoms with van der Waals surface area (Å²) in [4.78, 5) is 17.6. The smallest absolute Gasteiger partial charge is 0.340 e. The molecule has 0 spiro atoms. The van der Waals surface area contributed by atoms with E-state index >= 15 is 0 Å². The van der Waals surface area contributed by atoms with Gasteiger partial charge in [0.2, 0.25) is 0 Å². The molecule has 1 atom stereocenters. The maximum Gasteiger partial charge on any atom is 0.340 e. The van der Waals surface area contributed by atoms with Crippen molar-refractivity contribution in [3.8, 4) is 0 Å². The molecular weight excluding hydrogens is 376 g/mol. The van der Waals surface area contributed by atoms with Gasteiger partial charge in [0.15, 0.2) is 11.8 Å². The largest absolute Gasteiger partial charge is 0.463 e. The normalized spacial score (nSPS) is 12.1. The number of pyridine rings is 1. The maximum atomic E-state index is 12.8. The van der Waals surface area contributed by atoms with Crippen LogP contribution in [0, 0.1) is 6.92 Å². The fourth-order valence-corrected chi connectivity index (χ4v) is 3.84. The van der Waals surface area contributed by atoms with E-state index in [-0.39, 0.29) is 12.0 Å². The van der Waals surface area contributed by atoms with Crippen LogP contribution in [0.4, 0.5) is 0 Å². The summed E-state index contributed by atoms with van der Waals surface area (Å²) in [5.74, 6) is 0.530. The number of benzene rings is 2. The minimum Gasteiger partial charge on any atom is -0.463 e. The first kappa shape index (κ1) is 19.9. The number of ether oxygens (including phenoxy) is 1. The van der Waals surface area contributed by atoms with E-state index in [0.717, 1.165) is 33.5 Å². The quantitative estimate of drug-likeness (QED) is 0.472. The second-order valence-corrected chi connectivity index (χ2v) is 7.14. The number of aromatic nitrogens is 1. The van der Waals surface area contributed by atoms with E-state index in [1.54, 1.807) is 6.26 Å². The SMILES string of the molecule is CCOC(=O)c1c(C[NH2+][C@H](c2ccccc2)c2ccco2)nc2ccccc2c1C. The van der Waals surface area contributed by atoms with Crippen molar-refractivity contribution < 1.29 is 19.3 Å². The van der Waals surface area contributed by atoms with Gasteiger partial charge in [-0.15, -0.1) is 0 Å². The molecule has 0 saturated heterocycles. The summed E-state index contributed by atoms with van der Waals surface area (Å²) in [6, 6.07) is 21.9. The Labute approximate surface area is 175 Å². The van der Waals surface area contributed by atoms with Gasteiger partial charge in [-0.2, -0.15) is 0 Å². The highest BCUT2D eigenvalue weighted by Crippen LogP contribution is 2.24. The average Bonchev–Trinajstić information content (AvgIpc) is 3.29. The van der Waals surface area contributed by atoms with E-state index < -0.39 is 0 Å². The summed E-state index contributed by atoms with van der Waals surface area (Å²) >= 11 is 0. The fourth-order valence-electron chi connectivity index (χ4n) is 3.84. The van der Waals surface area contributed by atoms with Crippen LogP contribution in [0.1, 0.15) is 45.9 Å². The molecule has 0 aliphatic rings. The lowest BCUT2D eigenvalue weighted by Crippen LogP contribution is -2.84. The number of esters is 1. The highest BCUT2D eigenvalue weighted by atomic mass is 16.5. The molecule has 4 rings (SSSR count). The van der Waals surface area contributed by atoms with Crippen LogP contribution in [-0.4, -0.2) is 17.6 Å². The molecule has 2 aromatic carbocycles. The summed E-state index contributed by atoms with van der Waals surface area (Å²) < 4.78 is 11.1. The van der Waals surface area contributed by atoms with E-state index in [4.69, 9.17) is 14.1 Å². The van der Waals surface area contributed by atoms with Gasteiger partial charge in [-0.3, -0.25) is 0 Å². The van der Waals surface area contributed by atoms with Crippen LogP contribution in [0.15, 0.2) is 77.4 Å². The first-order chi connectivity index (χ1) is 14.7. The van der Waals surface area contributed by atoms with Gasteiger partial charge in [0.25, 0.3) is 0 Å². The topological polar surface area (TPSA) is 68.9 Å². The van der Waals surface area contributed by atoms with Crippen molar-refractivity contribution in [1.29, 1.82) is 0 Å². The number of hydrogen-bond acceptors (Lipinski definition) is 4. The van der Waals surface area contributed by atoms with Crippen LogP contribution < -0.4 is 5.32 Å². The van der Waals surface area contributed by atoms with Crippen molar-refractivity contribution in [3.05, 3.63) is 101 Å². The summed E-state index contributed by atoms with van der Waals surface area (Å²) in [5.41, 5.74) is 4.18. The molecule has 5 nitrogen and oxygen atoms in total. The van der Waals surface area contributed by atoms with Crippen LogP contribution >= 0.6 is 0 Å². The molecule has 2 aromatic heterocycles. The number of carbonyl (C=O) groups is 1. The predicted octanol–water partition coefficient (Wildman–Crippen LogP) is 4.17. The first-order valence-corrected chi connectivity index (χ1v) is 10.2. The number of fused-ring (bicyclic) bond motifs is 1. The van der Waals surface area contributed by atoms with Gasteiger partial charge < -0.3 is 14.5 Å². The molecule has 0 unspecified atom stereocenters. The van der Waals surface area contributed by atoms with E-state index in [0.29, 0.717) is 18.7 Å². The Bertz CT molecular complexity index is 1140. The minimum atomic E-state index is -0.328. The molecular formula is C25H25N2O3+. The summed E-state index contributed by atoms with van der Waals surface area (Å²) in [6.45, 7) is 4.62. The zero-order valence-corrected chi connectivity index (χ0v) is 17.2. The Balaban J connectivity index is 1.73. The summed E-state index contributed by atoms with van der Waals surface area (Å²) in [6.07, 6.45) is 1.68. The maximum absolute atomic E-state index is 12.8. The third kappa shape index (κ3) is 3.98. The van der Waals surface area contributed by atoms with Crippen molar-refractivity contribution in [2.75, 3.05) is 6.61 Å². The second kappa shape index (κ2) is 8.93.